The lowest BCUT2D eigenvalue weighted by Crippen LogP contribution is -2.22. The van der Waals surface area contributed by atoms with Gasteiger partial charge in [0.25, 0.3) is 0 Å². The summed E-state index contributed by atoms with van der Waals surface area (Å²) in [6.45, 7) is 0.772. The lowest BCUT2D eigenvalue weighted by molar-refractivity contribution is 0.406. The van der Waals surface area contributed by atoms with E-state index in [0.29, 0.717) is 3.92 Å². The Hall–Kier alpha value is 0.620. The smallest absolute Gasteiger partial charge is 0.105 e. The van der Waals surface area contributed by atoms with E-state index in [1.54, 1.807) is 0 Å². The lowest BCUT2D eigenvalue weighted by Gasteiger charge is -1.99. The Kier molecular flexibility index (Phi) is 2.49. The van der Waals surface area contributed by atoms with Gasteiger partial charge in [0.2, 0.25) is 0 Å². The van der Waals surface area contributed by atoms with E-state index in [9.17, 15) is 4.39 Å². The Morgan fingerprint density at radius 2 is 2.50 bits per heavy atom. The summed E-state index contributed by atoms with van der Waals surface area (Å²) < 4.78 is 12.5. The van der Waals surface area contributed by atoms with Crippen LogP contribution in [0.4, 0.5) is 4.39 Å². The van der Waals surface area contributed by atoms with Gasteiger partial charge in [0, 0.05) is 16.5 Å². The number of rotatable bonds is 1. The Bertz CT molecular complexity index is 78.8. The van der Waals surface area contributed by atoms with Crippen LogP contribution in [-0.4, -0.2) is 23.2 Å². The molecule has 0 aromatic heterocycles. The zero-order valence-electron chi connectivity index (χ0n) is 4.53. The third-order valence-corrected chi connectivity index (χ3v) is 2.30. The summed E-state index contributed by atoms with van der Waals surface area (Å²) in [5, 5.41) is 3.07. The molecular formula is C5H9FIN. The fourth-order valence-electron chi connectivity index (χ4n) is 0.887. The van der Waals surface area contributed by atoms with Crippen molar-refractivity contribution in [3.63, 3.8) is 0 Å². The first-order valence-electron chi connectivity index (χ1n) is 2.76. The largest absolute Gasteiger partial charge is 0.310 e. The van der Waals surface area contributed by atoms with E-state index in [2.05, 4.69) is 27.9 Å². The van der Waals surface area contributed by atoms with E-state index >= 15 is 0 Å². The highest BCUT2D eigenvalue weighted by molar-refractivity contribution is 14.1. The average Bonchev–Trinajstić information content (AvgIpc) is 2.14. The molecule has 1 saturated heterocycles. The molecule has 0 aromatic carbocycles. The third-order valence-electron chi connectivity index (χ3n) is 1.35. The first-order valence-corrected chi connectivity index (χ1v) is 4.01. The van der Waals surface area contributed by atoms with Crippen molar-refractivity contribution in [2.75, 3.05) is 13.2 Å². The molecule has 2 atom stereocenters. The molecule has 8 heavy (non-hydrogen) atoms. The molecule has 1 fully saturated rings. The van der Waals surface area contributed by atoms with Crippen LogP contribution in [0.25, 0.3) is 0 Å². The Morgan fingerprint density at radius 3 is 2.75 bits per heavy atom. The normalized spacial score (nSPS) is 38.2. The number of hydrogen-bond acceptors (Lipinski definition) is 1. The fraction of sp³-hybridized carbons (Fsp3) is 1.00. The van der Waals surface area contributed by atoms with Crippen LogP contribution in [0.2, 0.25) is 0 Å². The fourth-order valence-corrected chi connectivity index (χ4v) is 1.76. The maximum atomic E-state index is 11.8. The molecule has 1 aliphatic heterocycles. The molecular weight excluding hydrogens is 220 g/mol. The molecule has 0 aliphatic carbocycles. The van der Waals surface area contributed by atoms with Crippen molar-refractivity contribution in [3.05, 3.63) is 0 Å². The summed E-state index contributed by atoms with van der Waals surface area (Å²) in [6.07, 6.45) is 0.997. The number of hydrogen-bond donors (Lipinski definition) is 1. The topological polar surface area (TPSA) is 12.0 Å². The van der Waals surface area contributed by atoms with Crippen molar-refractivity contribution >= 4 is 22.6 Å². The molecule has 0 spiro atoms. The summed E-state index contributed by atoms with van der Waals surface area (Å²) in [6, 6.07) is 0.150. The lowest BCUT2D eigenvalue weighted by atomic mass is 10.2. The summed E-state index contributed by atoms with van der Waals surface area (Å²) in [4.78, 5) is 0. The van der Waals surface area contributed by atoms with Crippen LogP contribution in [0.5, 0.6) is 0 Å². The van der Waals surface area contributed by atoms with E-state index in [-0.39, 0.29) is 12.7 Å². The van der Waals surface area contributed by atoms with E-state index in [0.717, 1.165) is 13.0 Å². The minimum Gasteiger partial charge on any atom is -0.310 e. The maximum absolute atomic E-state index is 11.8. The number of nitrogens with one attached hydrogen (secondary N) is 1. The molecule has 1 rings (SSSR count). The van der Waals surface area contributed by atoms with Crippen LogP contribution in [0.1, 0.15) is 6.42 Å². The van der Waals surface area contributed by atoms with Crippen molar-refractivity contribution in [1.82, 2.24) is 5.32 Å². The van der Waals surface area contributed by atoms with Crippen LogP contribution in [0.3, 0.4) is 0 Å². The summed E-state index contributed by atoms with van der Waals surface area (Å²) in [5.41, 5.74) is 0. The van der Waals surface area contributed by atoms with Crippen LogP contribution >= 0.6 is 22.6 Å². The standard InChI is InChI=1S/C5H9FIN/c6-2-5-1-4(7)3-8-5/h4-5,8H,1-3H2/t4?,5-/m0/s1. The Morgan fingerprint density at radius 1 is 1.75 bits per heavy atom. The first-order chi connectivity index (χ1) is 3.83. The molecule has 0 saturated carbocycles. The van der Waals surface area contributed by atoms with Gasteiger partial charge >= 0.3 is 0 Å². The van der Waals surface area contributed by atoms with Gasteiger partial charge < -0.3 is 5.32 Å². The van der Waals surface area contributed by atoms with Crippen molar-refractivity contribution < 1.29 is 4.39 Å². The molecule has 1 aliphatic rings. The van der Waals surface area contributed by atoms with Crippen LogP contribution < -0.4 is 5.32 Å². The minimum absolute atomic E-state index is 0.150. The molecule has 0 aromatic rings. The molecule has 3 heteroatoms. The van der Waals surface area contributed by atoms with E-state index in [1.807, 2.05) is 0 Å². The van der Waals surface area contributed by atoms with E-state index in [1.165, 1.54) is 0 Å². The highest BCUT2D eigenvalue weighted by Gasteiger charge is 2.20. The van der Waals surface area contributed by atoms with Crippen LogP contribution in [0, 0.1) is 0 Å². The van der Waals surface area contributed by atoms with E-state index < -0.39 is 0 Å². The zero-order chi connectivity index (χ0) is 5.98. The van der Waals surface area contributed by atoms with Gasteiger partial charge in [-0.05, 0) is 6.42 Å². The van der Waals surface area contributed by atoms with Crippen molar-refractivity contribution in [1.29, 1.82) is 0 Å². The Balaban J connectivity index is 2.22. The van der Waals surface area contributed by atoms with Gasteiger partial charge in [-0.1, -0.05) is 22.6 Å². The predicted molar refractivity (Wildman–Crippen MR) is 40.2 cm³/mol. The van der Waals surface area contributed by atoms with Crippen molar-refractivity contribution in [2.24, 2.45) is 0 Å². The van der Waals surface area contributed by atoms with E-state index in [4.69, 9.17) is 0 Å². The summed E-state index contributed by atoms with van der Waals surface area (Å²) >= 11 is 2.34. The minimum atomic E-state index is -0.209. The van der Waals surface area contributed by atoms with Gasteiger partial charge in [-0.3, -0.25) is 0 Å². The van der Waals surface area contributed by atoms with Gasteiger partial charge in [0.05, 0.1) is 0 Å². The zero-order valence-corrected chi connectivity index (χ0v) is 6.69. The second-order valence-electron chi connectivity index (χ2n) is 2.09. The second-order valence-corrected chi connectivity index (χ2v) is 3.85. The molecule has 0 amide bonds. The Labute approximate surface area is 62.2 Å². The maximum Gasteiger partial charge on any atom is 0.105 e. The summed E-state index contributed by atoms with van der Waals surface area (Å²) in [5.74, 6) is 0. The van der Waals surface area contributed by atoms with Crippen molar-refractivity contribution in [3.8, 4) is 0 Å². The molecule has 48 valence electrons. The van der Waals surface area contributed by atoms with Gasteiger partial charge in [0.1, 0.15) is 6.67 Å². The molecule has 1 unspecified atom stereocenters. The molecule has 1 N–H and O–H groups in total. The monoisotopic (exact) mass is 229 g/mol. The molecule has 0 radical (unpaired) electrons. The molecule has 0 bridgehead atoms. The summed E-state index contributed by atoms with van der Waals surface area (Å²) in [7, 11) is 0. The van der Waals surface area contributed by atoms with Crippen molar-refractivity contribution in [2.45, 2.75) is 16.4 Å². The third kappa shape index (κ3) is 1.55. The molecule has 1 nitrogen and oxygen atoms in total. The highest BCUT2D eigenvalue weighted by atomic mass is 127. The number of halogens is 2. The van der Waals surface area contributed by atoms with Gasteiger partial charge in [-0.2, -0.15) is 0 Å². The number of alkyl halides is 2. The SMILES string of the molecule is FC[C@@H]1CC(I)CN1. The average molecular weight is 229 g/mol. The first kappa shape index (κ1) is 6.74. The predicted octanol–water partition coefficient (Wildman–Crippen LogP) is 1.12. The molecule has 1 heterocycles. The van der Waals surface area contributed by atoms with Gasteiger partial charge in [-0.25, -0.2) is 4.39 Å². The van der Waals surface area contributed by atoms with Gasteiger partial charge in [-0.15, -0.1) is 0 Å². The highest BCUT2D eigenvalue weighted by Crippen LogP contribution is 2.14. The van der Waals surface area contributed by atoms with Crippen LogP contribution in [0.15, 0.2) is 0 Å². The second kappa shape index (κ2) is 2.96. The van der Waals surface area contributed by atoms with Crippen LogP contribution in [-0.2, 0) is 0 Å². The van der Waals surface area contributed by atoms with Gasteiger partial charge in [0.15, 0.2) is 0 Å². The quantitative estimate of drug-likeness (QED) is 0.524.